The minimum atomic E-state index is -0.541. The van der Waals surface area contributed by atoms with Crippen molar-refractivity contribution in [1.82, 2.24) is 20.4 Å². The number of carbonyl (C=O) groups is 3. The summed E-state index contributed by atoms with van der Waals surface area (Å²) in [6.45, 7) is 1.08. The number of hydrogen-bond acceptors (Lipinski definition) is 7. The molecule has 9 nitrogen and oxygen atoms in total. The molecule has 0 saturated carbocycles. The van der Waals surface area contributed by atoms with Crippen molar-refractivity contribution in [2.75, 3.05) is 25.5 Å². The number of likely N-dealkylation sites (tertiary alicyclic amines) is 1. The van der Waals surface area contributed by atoms with Crippen molar-refractivity contribution >= 4 is 34.7 Å². The third-order valence-electron chi connectivity index (χ3n) is 5.63. The van der Waals surface area contributed by atoms with Gasteiger partial charge in [-0.25, -0.2) is 4.39 Å². The Balaban J connectivity index is 1.34. The van der Waals surface area contributed by atoms with E-state index in [9.17, 15) is 18.8 Å². The SMILES string of the molecule is COc1ccccc1CNC(=O)C1CCCN(C(=O)c2nnc(C(=O)Nc3ccc(F)cc3)s2)C1. The number of ether oxygens (including phenoxy) is 1. The molecule has 1 atom stereocenters. The van der Waals surface area contributed by atoms with E-state index in [1.54, 1.807) is 12.0 Å². The molecule has 0 radical (unpaired) electrons. The van der Waals surface area contributed by atoms with Gasteiger partial charge in [-0.2, -0.15) is 0 Å². The van der Waals surface area contributed by atoms with E-state index in [0.29, 0.717) is 37.4 Å². The van der Waals surface area contributed by atoms with Crippen LogP contribution in [0.15, 0.2) is 48.5 Å². The zero-order valence-corrected chi connectivity index (χ0v) is 19.8. The van der Waals surface area contributed by atoms with Crippen molar-refractivity contribution in [3.8, 4) is 5.75 Å². The third kappa shape index (κ3) is 5.99. The number of aromatic nitrogens is 2. The molecule has 1 aromatic heterocycles. The van der Waals surface area contributed by atoms with Gasteiger partial charge in [0.15, 0.2) is 0 Å². The van der Waals surface area contributed by atoms with E-state index in [0.717, 1.165) is 16.9 Å². The van der Waals surface area contributed by atoms with Gasteiger partial charge in [-0.3, -0.25) is 14.4 Å². The Bertz CT molecular complexity index is 1220. The minimum Gasteiger partial charge on any atom is -0.496 e. The van der Waals surface area contributed by atoms with Gasteiger partial charge in [-0.15, -0.1) is 10.2 Å². The summed E-state index contributed by atoms with van der Waals surface area (Å²) >= 11 is 0.872. The van der Waals surface area contributed by atoms with Crippen molar-refractivity contribution < 1.29 is 23.5 Å². The van der Waals surface area contributed by atoms with Gasteiger partial charge >= 0.3 is 0 Å². The van der Waals surface area contributed by atoms with E-state index in [-0.39, 0.29) is 34.3 Å². The van der Waals surface area contributed by atoms with Crippen LogP contribution in [0.1, 0.15) is 38.0 Å². The van der Waals surface area contributed by atoms with Crippen LogP contribution in [0, 0.1) is 11.7 Å². The number of nitrogens with one attached hydrogen (secondary N) is 2. The molecule has 4 rings (SSSR count). The lowest BCUT2D eigenvalue weighted by Crippen LogP contribution is -2.45. The largest absolute Gasteiger partial charge is 0.496 e. The zero-order chi connectivity index (χ0) is 24.8. The van der Waals surface area contributed by atoms with E-state index in [4.69, 9.17) is 4.74 Å². The van der Waals surface area contributed by atoms with Crippen LogP contribution in [0.5, 0.6) is 5.75 Å². The molecule has 182 valence electrons. The second kappa shape index (κ2) is 11.0. The lowest BCUT2D eigenvalue weighted by molar-refractivity contribution is -0.126. The predicted molar refractivity (Wildman–Crippen MR) is 128 cm³/mol. The fourth-order valence-corrected chi connectivity index (χ4v) is 4.51. The van der Waals surface area contributed by atoms with Gasteiger partial charge in [0.1, 0.15) is 11.6 Å². The average Bonchev–Trinajstić information content (AvgIpc) is 3.39. The van der Waals surface area contributed by atoms with Gasteiger partial charge in [0.25, 0.3) is 11.8 Å². The van der Waals surface area contributed by atoms with Gasteiger partial charge in [0.05, 0.1) is 13.0 Å². The van der Waals surface area contributed by atoms with Crippen molar-refractivity contribution in [2.24, 2.45) is 5.92 Å². The summed E-state index contributed by atoms with van der Waals surface area (Å²) in [5, 5.41) is 13.3. The summed E-state index contributed by atoms with van der Waals surface area (Å²) in [7, 11) is 1.58. The molecule has 2 aromatic carbocycles. The third-order valence-corrected chi connectivity index (χ3v) is 6.54. The topological polar surface area (TPSA) is 114 Å². The Morgan fingerprint density at radius 3 is 2.63 bits per heavy atom. The molecule has 1 fully saturated rings. The summed E-state index contributed by atoms with van der Waals surface area (Å²) in [6.07, 6.45) is 1.35. The van der Waals surface area contributed by atoms with Crippen molar-refractivity contribution in [2.45, 2.75) is 19.4 Å². The molecular weight excluding hydrogens is 473 g/mol. The van der Waals surface area contributed by atoms with Crippen LogP contribution in [0.4, 0.5) is 10.1 Å². The summed E-state index contributed by atoms with van der Waals surface area (Å²) in [6, 6.07) is 12.8. The minimum absolute atomic E-state index is 0.0146. The van der Waals surface area contributed by atoms with Crippen LogP contribution >= 0.6 is 11.3 Å². The van der Waals surface area contributed by atoms with E-state index in [2.05, 4.69) is 20.8 Å². The normalized spacial score (nSPS) is 15.4. The van der Waals surface area contributed by atoms with Crippen LogP contribution in [0.2, 0.25) is 0 Å². The highest BCUT2D eigenvalue weighted by Crippen LogP contribution is 2.22. The molecule has 1 aliphatic rings. The van der Waals surface area contributed by atoms with E-state index >= 15 is 0 Å². The average molecular weight is 498 g/mol. The smallest absolute Gasteiger partial charge is 0.286 e. The van der Waals surface area contributed by atoms with E-state index < -0.39 is 11.7 Å². The van der Waals surface area contributed by atoms with Gasteiger partial charge in [-0.1, -0.05) is 29.5 Å². The molecule has 3 aromatic rings. The van der Waals surface area contributed by atoms with Gasteiger partial charge in [0, 0.05) is 30.9 Å². The number of halogens is 1. The summed E-state index contributed by atoms with van der Waals surface area (Å²) in [5.74, 6) is -1.11. The first-order chi connectivity index (χ1) is 16.9. The van der Waals surface area contributed by atoms with Crippen molar-refractivity contribution in [3.05, 3.63) is 69.9 Å². The first-order valence-electron chi connectivity index (χ1n) is 11.0. The molecule has 3 amide bonds. The molecule has 0 aliphatic carbocycles. The number of piperidine rings is 1. The summed E-state index contributed by atoms with van der Waals surface area (Å²) < 4.78 is 18.4. The highest BCUT2D eigenvalue weighted by molar-refractivity contribution is 7.15. The van der Waals surface area contributed by atoms with Crippen LogP contribution in [0.3, 0.4) is 0 Å². The number of para-hydroxylation sites is 1. The number of carbonyl (C=O) groups excluding carboxylic acids is 3. The Kier molecular flexibility index (Phi) is 7.66. The maximum absolute atomic E-state index is 13.0. The summed E-state index contributed by atoms with van der Waals surface area (Å²) in [4.78, 5) is 39.7. The Morgan fingerprint density at radius 2 is 1.86 bits per heavy atom. The van der Waals surface area contributed by atoms with Crippen LogP contribution in [-0.4, -0.2) is 53.0 Å². The predicted octanol–water partition coefficient (Wildman–Crippen LogP) is 3.11. The molecule has 2 heterocycles. The highest BCUT2D eigenvalue weighted by atomic mass is 32.1. The second-order valence-corrected chi connectivity index (χ2v) is 8.97. The standard InChI is InChI=1S/C24H24FN5O4S/c1-34-19-7-3-2-5-15(19)13-26-20(31)16-6-4-12-30(14-16)24(33)23-29-28-22(35-23)21(32)27-18-10-8-17(25)9-11-18/h2-3,5,7-11,16H,4,6,12-14H2,1H3,(H,26,31)(H,27,32). The van der Waals surface area contributed by atoms with Gasteiger partial charge < -0.3 is 20.3 Å². The maximum Gasteiger partial charge on any atom is 0.286 e. The fourth-order valence-electron chi connectivity index (χ4n) is 3.81. The molecule has 2 N–H and O–H groups in total. The second-order valence-electron chi connectivity index (χ2n) is 7.99. The first-order valence-corrected chi connectivity index (χ1v) is 11.9. The number of benzene rings is 2. The number of rotatable bonds is 7. The first kappa shape index (κ1) is 24.3. The van der Waals surface area contributed by atoms with Crippen LogP contribution in [0.25, 0.3) is 0 Å². The Morgan fingerprint density at radius 1 is 1.11 bits per heavy atom. The molecule has 11 heteroatoms. The molecular formula is C24H24FN5O4S. The molecule has 1 unspecified atom stereocenters. The van der Waals surface area contributed by atoms with Gasteiger partial charge in [-0.05, 0) is 43.2 Å². The Labute approximate surface area is 205 Å². The van der Waals surface area contributed by atoms with E-state index in [1.165, 1.54) is 24.3 Å². The van der Waals surface area contributed by atoms with Crippen molar-refractivity contribution in [3.63, 3.8) is 0 Å². The lowest BCUT2D eigenvalue weighted by atomic mass is 9.97. The highest BCUT2D eigenvalue weighted by Gasteiger charge is 2.31. The molecule has 1 aliphatic heterocycles. The van der Waals surface area contributed by atoms with Crippen LogP contribution in [-0.2, 0) is 11.3 Å². The molecule has 0 bridgehead atoms. The zero-order valence-electron chi connectivity index (χ0n) is 19.0. The quantitative estimate of drug-likeness (QED) is 0.519. The van der Waals surface area contributed by atoms with Gasteiger partial charge in [0.2, 0.25) is 15.9 Å². The van der Waals surface area contributed by atoms with E-state index in [1.807, 2.05) is 24.3 Å². The number of amides is 3. The monoisotopic (exact) mass is 497 g/mol. The number of hydrogen-bond donors (Lipinski definition) is 2. The number of anilines is 1. The molecule has 1 saturated heterocycles. The summed E-state index contributed by atoms with van der Waals surface area (Å²) in [5.41, 5.74) is 1.27. The maximum atomic E-state index is 13.0. The van der Waals surface area contributed by atoms with Crippen molar-refractivity contribution in [1.29, 1.82) is 0 Å². The molecule has 0 spiro atoms. The lowest BCUT2D eigenvalue weighted by Gasteiger charge is -2.31. The van der Waals surface area contributed by atoms with Crippen LogP contribution < -0.4 is 15.4 Å². The number of nitrogens with zero attached hydrogens (tertiary/aromatic N) is 3. The molecule has 35 heavy (non-hydrogen) atoms. The Hall–Kier alpha value is -3.86. The number of methoxy groups -OCH3 is 1. The fraction of sp³-hybridized carbons (Fsp3) is 0.292.